The zero-order valence-electron chi connectivity index (χ0n) is 13.6. The van der Waals surface area contributed by atoms with Gasteiger partial charge in [0.05, 0.1) is 0 Å². The van der Waals surface area contributed by atoms with Gasteiger partial charge in [-0.3, -0.25) is 4.79 Å². The Morgan fingerprint density at radius 3 is 1.65 bits per heavy atom. The molecule has 0 amide bonds. The minimum atomic E-state index is -6.85. The van der Waals surface area contributed by atoms with Gasteiger partial charge in [-0.2, -0.15) is 39.5 Å². The lowest BCUT2D eigenvalue weighted by molar-refractivity contribution is -0.388. The van der Waals surface area contributed by atoms with Gasteiger partial charge in [-0.25, -0.2) is 0 Å². The molecule has 0 radical (unpaired) electrons. The standard InChI is InChI=1S/C12H15F9O.C2H4O2/c13-9(14,7-5-3-1-2-4-6-8-22)10(15,16)11(17,18)12(19,20)21;1-2(3)4/h5,7,22H,1-4,6,8H2;1H3,(H,3,4). The highest BCUT2D eigenvalue weighted by Crippen LogP contribution is 2.53. The SMILES string of the molecule is CC(=O)O.OCCCCCCC=CC(F)(F)C(F)(F)C(F)(F)C(F)(F)F. The van der Waals surface area contributed by atoms with Crippen LogP contribution < -0.4 is 0 Å². The molecule has 2 N–H and O–H groups in total. The summed E-state index contributed by atoms with van der Waals surface area (Å²) in [5, 5.41) is 15.9. The zero-order valence-corrected chi connectivity index (χ0v) is 13.6. The average molecular weight is 406 g/mol. The Morgan fingerprint density at radius 1 is 0.846 bits per heavy atom. The Bertz CT molecular complexity index is 441. The number of halogens is 9. The van der Waals surface area contributed by atoms with Crippen molar-refractivity contribution in [2.24, 2.45) is 0 Å². The number of carbonyl (C=O) groups is 1. The number of aliphatic carboxylic acids is 1. The third-order valence-electron chi connectivity index (χ3n) is 2.78. The van der Waals surface area contributed by atoms with Gasteiger partial charge in [-0.15, -0.1) is 0 Å². The Morgan fingerprint density at radius 2 is 1.27 bits per heavy atom. The molecule has 12 heteroatoms. The topological polar surface area (TPSA) is 57.5 Å². The molecule has 156 valence electrons. The van der Waals surface area contributed by atoms with Crippen LogP contribution in [0.5, 0.6) is 0 Å². The Balaban J connectivity index is 0. The molecule has 0 aliphatic carbocycles. The second kappa shape index (κ2) is 10.6. The molecule has 0 atom stereocenters. The number of aliphatic hydroxyl groups is 1. The Hall–Kier alpha value is -1.46. The molecule has 0 bridgehead atoms. The number of alkyl halides is 9. The average Bonchev–Trinajstić information content (AvgIpc) is 2.44. The van der Waals surface area contributed by atoms with Gasteiger partial charge in [0.25, 0.3) is 5.97 Å². The zero-order chi connectivity index (χ0) is 21.2. The van der Waals surface area contributed by atoms with E-state index in [1.165, 1.54) is 0 Å². The summed E-state index contributed by atoms with van der Waals surface area (Å²) in [6.45, 7) is 1.01. The van der Waals surface area contributed by atoms with E-state index in [9.17, 15) is 39.5 Å². The van der Waals surface area contributed by atoms with Crippen LogP contribution in [0.4, 0.5) is 39.5 Å². The van der Waals surface area contributed by atoms with Gasteiger partial charge in [0.1, 0.15) is 0 Å². The van der Waals surface area contributed by atoms with E-state index in [0.29, 0.717) is 25.3 Å². The first-order valence-electron chi connectivity index (χ1n) is 7.23. The fourth-order valence-corrected chi connectivity index (χ4v) is 1.45. The van der Waals surface area contributed by atoms with Crippen LogP contribution in [0.1, 0.15) is 39.0 Å². The molecule has 0 unspecified atom stereocenters. The van der Waals surface area contributed by atoms with Crippen LogP contribution in [-0.2, 0) is 4.79 Å². The van der Waals surface area contributed by atoms with Crippen LogP contribution in [0.15, 0.2) is 12.2 Å². The molecule has 0 aromatic rings. The molecule has 0 aromatic carbocycles. The molecule has 3 nitrogen and oxygen atoms in total. The highest BCUT2D eigenvalue weighted by Gasteiger charge is 2.81. The number of hydrogen-bond donors (Lipinski definition) is 2. The molecule has 0 spiro atoms. The van der Waals surface area contributed by atoms with Crippen LogP contribution >= 0.6 is 0 Å². The molecular weight excluding hydrogens is 387 g/mol. The summed E-state index contributed by atoms with van der Waals surface area (Å²) in [5.74, 6) is -19.9. The van der Waals surface area contributed by atoms with Gasteiger partial charge in [-0.1, -0.05) is 18.9 Å². The summed E-state index contributed by atoms with van der Waals surface area (Å²) in [4.78, 5) is 9.00. The lowest BCUT2D eigenvalue weighted by Gasteiger charge is -2.32. The predicted molar refractivity (Wildman–Crippen MR) is 73.5 cm³/mol. The van der Waals surface area contributed by atoms with Crippen LogP contribution in [-0.4, -0.2) is 46.7 Å². The number of aliphatic hydroxyl groups excluding tert-OH is 1. The third kappa shape index (κ3) is 8.28. The van der Waals surface area contributed by atoms with Crippen molar-refractivity contribution in [3.63, 3.8) is 0 Å². The van der Waals surface area contributed by atoms with Crippen molar-refractivity contribution in [2.75, 3.05) is 6.61 Å². The maximum Gasteiger partial charge on any atom is 0.460 e. The van der Waals surface area contributed by atoms with E-state index in [2.05, 4.69) is 0 Å². The minimum Gasteiger partial charge on any atom is -0.481 e. The number of carboxylic acid groups (broad SMARTS) is 1. The van der Waals surface area contributed by atoms with Crippen LogP contribution in [0.3, 0.4) is 0 Å². The van der Waals surface area contributed by atoms with E-state index in [4.69, 9.17) is 15.0 Å². The summed E-state index contributed by atoms with van der Waals surface area (Å²) in [7, 11) is 0. The third-order valence-corrected chi connectivity index (χ3v) is 2.78. The van der Waals surface area contributed by atoms with Crippen molar-refractivity contribution in [3.8, 4) is 0 Å². The second-order valence-electron chi connectivity index (χ2n) is 5.12. The minimum absolute atomic E-state index is 0.0767. The molecule has 26 heavy (non-hydrogen) atoms. The van der Waals surface area contributed by atoms with Crippen LogP contribution in [0.2, 0.25) is 0 Å². The summed E-state index contributed by atoms with van der Waals surface area (Å²) >= 11 is 0. The van der Waals surface area contributed by atoms with Crippen molar-refractivity contribution in [2.45, 2.75) is 63.0 Å². The highest BCUT2D eigenvalue weighted by molar-refractivity contribution is 5.62. The van der Waals surface area contributed by atoms with Gasteiger partial charge < -0.3 is 10.2 Å². The van der Waals surface area contributed by atoms with Gasteiger partial charge in [-0.05, 0) is 25.3 Å². The van der Waals surface area contributed by atoms with Crippen LogP contribution in [0, 0.1) is 0 Å². The molecule has 0 aliphatic rings. The van der Waals surface area contributed by atoms with E-state index in [-0.39, 0.29) is 19.4 Å². The Labute approximate surface area is 143 Å². The molecule has 0 saturated heterocycles. The summed E-state index contributed by atoms with van der Waals surface area (Å²) in [5.41, 5.74) is 0. The van der Waals surface area contributed by atoms with Crippen molar-refractivity contribution < 1.29 is 54.5 Å². The number of unbranched alkanes of at least 4 members (excludes halogenated alkanes) is 4. The quantitative estimate of drug-likeness (QED) is 0.320. The van der Waals surface area contributed by atoms with Gasteiger partial charge in [0.2, 0.25) is 0 Å². The molecule has 0 saturated carbocycles. The number of hydrogen-bond acceptors (Lipinski definition) is 2. The first-order valence-corrected chi connectivity index (χ1v) is 7.23. The number of allylic oxidation sites excluding steroid dienone is 2. The van der Waals surface area contributed by atoms with E-state index in [0.717, 1.165) is 6.92 Å². The van der Waals surface area contributed by atoms with Gasteiger partial charge >= 0.3 is 23.9 Å². The summed E-state index contributed by atoms with van der Waals surface area (Å²) in [6.07, 6.45) is -5.46. The first kappa shape index (κ1) is 26.8. The first-order chi connectivity index (χ1) is 11.5. The largest absolute Gasteiger partial charge is 0.481 e. The molecule has 0 aromatic heterocycles. The van der Waals surface area contributed by atoms with Gasteiger partial charge in [0, 0.05) is 13.5 Å². The molecule has 0 rings (SSSR count). The van der Waals surface area contributed by atoms with Crippen molar-refractivity contribution in [1.82, 2.24) is 0 Å². The normalized spacial score (nSPS) is 13.5. The smallest absolute Gasteiger partial charge is 0.460 e. The van der Waals surface area contributed by atoms with E-state index >= 15 is 0 Å². The number of rotatable bonds is 9. The number of carboxylic acids is 1. The molecular formula is C14H19F9O3. The van der Waals surface area contributed by atoms with E-state index in [1.54, 1.807) is 0 Å². The highest BCUT2D eigenvalue weighted by atomic mass is 19.4. The van der Waals surface area contributed by atoms with Crippen LogP contribution in [0.25, 0.3) is 0 Å². The summed E-state index contributed by atoms with van der Waals surface area (Å²) < 4.78 is 112. The molecule has 0 aliphatic heterocycles. The predicted octanol–water partition coefficient (Wildman–Crippen LogP) is 5.04. The maximum atomic E-state index is 13.0. The molecule has 0 heterocycles. The maximum absolute atomic E-state index is 13.0. The van der Waals surface area contributed by atoms with Gasteiger partial charge in [0.15, 0.2) is 0 Å². The van der Waals surface area contributed by atoms with Crippen molar-refractivity contribution >= 4 is 5.97 Å². The summed E-state index contributed by atoms with van der Waals surface area (Å²) in [6, 6.07) is 0. The fourth-order valence-electron chi connectivity index (χ4n) is 1.45. The van der Waals surface area contributed by atoms with Crippen molar-refractivity contribution in [3.05, 3.63) is 12.2 Å². The van der Waals surface area contributed by atoms with E-state index < -0.39 is 36.0 Å². The fraction of sp³-hybridized carbons (Fsp3) is 0.786. The van der Waals surface area contributed by atoms with E-state index in [1.807, 2.05) is 0 Å². The lowest BCUT2D eigenvalue weighted by Crippen LogP contribution is -2.60. The Kier molecular flexibility index (Phi) is 10.9. The molecule has 0 fully saturated rings. The lowest BCUT2D eigenvalue weighted by atomic mass is 10.0. The monoisotopic (exact) mass is 406 g/mol. The van der Waals surface area contributed by atoms with Crippen molar-refractivity contribution in [1.29, 1.82) is 0 Å². The second-order valence-corrected chi connectivity index (χ2v) is 5.12.